The van der Waals surface area contributed by atoms with Gasteiger partial charge >= 0.3 is 0 Å². The van der Waals surface area contributed by atoms with Crippen LogP contribution in [-0.4, -0.2) is 32.0 Å². The molecule has 14 heavy (non-hydrogen) atoms. The molecule has 0 saturated carbocycles. The van der Waals surface area contributed by atoms with Gasteiger partial charge in [0, 0.05) is 13.2 Å². The summed E-state index contributed by atoms with van der Waals surface area (Å²) in [5.41, 5.74) is -0.882. The highest BCUT2D eigenvalue weighted by molar-refractivity contribution is 4.87. The minimum atomic E-state index is -0.882. The maximum atomic E-state index is 14.3. The quantitative estimate of drug-likeness (QED) is 0.736. The Morgan fingerprint density at radius 2 is 1.86 bits per heavy atom. The fourth-order valence-electron chi connectivity index (χ4n) is 2.55. The molecule has 0 aromatic carbocycles. The highest BCUT2D eigenvalue weighted by atomic mass is 19.1. The summed E-state index contributed by atoms with van der Waals surface area (Å²) in [5.74, 6) is 0.562. The van der Waals surface area contributed by atoms with Crippen LogP contribution in [-0.2, 0) is 4.74 Å². The fourth-order valence-corrected chi connectivity index (χ4v) is 2.55. The summed E-state index contributed by atoms with van der Waals surface area (Å²) in [7, 11) is 0. The van der Waals surface area contributed by atoms with Crippen molar-refractivity contribution in [1.29, 1.82) is 0 Å². The van der Waals surface area contributed by atoms with Crippen LogP contribution in [0.4, 0.5) is 4.39 Å². The minimum Gasteiger partial charge on any atom is -0.381 e. The lowest BCUT2D eigenvalue weighted by Gasteiger charge is -2.34. The first-order chi connectivity index (χ1) is 6.79. The van der Waals surface area contributed by atoms with Gasteiger partial charge in [-0.1, -0.05) is 0 Å². The third-order valence-electron chi connectivity index (χ3n) is 3.50. The molecule has 0 spiro atoms. The zero-order valence-corrected chi connectivity index (χ0v) is 8.73. The molecular formula is C11H20FNO. The van der Waals surface area contributed by atoms with Gasteiger partial charge in [-0.3, -0.25) is 0 Å². The van der Waals surface area contributed by atoms with Gasteiger partial charge in [-0.15, -0.1) is 0 Å². The van der Waals surface area contributed by atoms with Gasteiger partial charge in [-0.05, 0) is 51.1 Å². The van der Waals surface area contributed by atoms with E-state index < -0.39 is 5.67 Å². The van der Waals surface area contributed by atoms with Crippen LogP contribution < -0.4 is 5.32 Å². The highest BCUT2D eigenvalue weighted by Gasteiger charge is 2.34. The van der Waals surface area contributed by atoms with Crippen molar-refractivity contribution in [2.45, 2.75) is 37.8 Å². The first-order valence-corrected chi connectivity index (χ1v) is 5.76. The van der Waals surface area contributed by atoms with E-state index >= 15 is 0 Å². The van der Waals surface area contributed by atoms with E-state index in [4.69, 9.17) is 4.74 Å². The highest BCUT2D eigenvalue weighted by Crippen LogP contribution is 2.34. The number of alkyl halides is 1. The Morgan fingerprint density at radius 1 is 1.21 bits per heavy atom. The first-order valence-electron chi connectivity index (χ1n) is 5.76. The Bertz CT molecular complexity index is 174. The Labute approximate surface area is 85.2 Å². The molecule has 2 aliphatic rings. The van der Waals surface area contributed by atoms with Crippen molar-refractivity contribution in [1.82, 2.24) is 5.32 Å². The summed E-state index contributed by atoms with van der Waals surface area (Å²) in [6.45, 7) is 3.36. The maximum absolute atomic E-state index is 14.3. The van der Waals surface area contributed by atoms with Crippen molar-refractivity contribution in [3.63, 3.8) is 0 Å². The van der Waals surface area contributed by atoms with Crippen molar-refractivity contribution >= 4 is 0 Å². The average Bonchev–Trinajstić information content (AvgIpc) is 2.19. The summed E-state index contributed by atoms with van der Waals surface area (Å²) in [5, 5.41) is 3.21. The molecule has 2 rings (SSSR count). The van der Waals surface area contributed by atoms with E-state index in [1.54, 1.807) is 0 Å². The monoisotopic (exact) mass is 201 g/mol. The number of halogens is 1. The average molecular weight is 201 g/mol. The van der Waals surface area contributed by atoms with Crippen molar-refractivity contribution in [2.24, 2.45) is 5.92 Å². The molecule has 2 heterocycles. The van der Waals surface area contributed by atoms with Crippen LogP contribution in [0.5, 0.6) is 0 Å². The van der Waals surface area contributed by atoms with Gasteiger partial charge in [0.05, 0.1) is 0 Å². The molecular weight excluding hydrogens is 181 g/mol. The second-order valence-corrected chi connectivity index (χ2v) is 4.66. The van der Waals surface area contributed by atoms with Crippen LogP contribution >= 0.6 is 0 Å². The molecule has 0 atom stereocenters. The fraction of sp³-hybridized carbons (Fsp3) is 1.00. The molecule has 0 unspecified atom stereocenters. The molecule has 0 amide bonds. The van der Waals surface area contributed by atoms with E-state index in [9.17, 15) is 4.39 Å². The molecule has 0 bridgehead atoms. The Kier molecular flexibility index (Phi) is 3.39. The Balaban J connectivity index is 1.81. The lowest BCUT2D eigenvalue weighted by Crippen LogP contribution is -2.40. The van der Waals surface area contributed by atoms with Crippen LogP contribution in [0.3, 0.4) is 0 Å². The molecule has 0 aliphatic carbocycles. The number of piperidine rings is 1. The predicted octanol–water partition coefficient (Wildman–Crippen LogP) is 1.89. The van der Waals surface area contributed by atoms with Gasteiger partial charge in [0.2, 0.25) is 0 Å². The van der Waals surface area contributed by atoms with E-state index in [0.717, 1.165) is 45.6 Å². The summed E-state index contributed by atoms with van der Waals surface area (Å²) in [6, 6.07) is 0. The topological polar surface area (TPSA) is 21.3 Å². The Morgan fingerprint density at radius 3 is 2.50 bits per heavy atom. The zero-order chi connectivity index (χ0) is 9.86. The number of rotatable bonds is 2. The lowest BCUT2D eigenvalue weighted by atomic mass is 9.82. The van der Waals surface area contributed by atoms with Crippen molar-refractivity contribution in [3.8, 4) is 0 Å². The maximum Gasteiger partial charge on any atom is 0.113 e. The smallest absolute Gasteiger partial charge is 0.113 e. The van der Waals surface area contributed by atoms with E-state index in [0.29, 0.717) is 18.8 Å². The van der Waals surface area contributed by atoms with Crippen LogP contribution in [0.25, 0.3) is 0 Å². The third kappa shape index (κ3) is 2.67. The molecule has 2 saturated heterocycles. The number of ether oxygens (including phenoxy) is 1. The second kappa shape index (κ2) is 4.58. The first kappa shape index (κ1) is 10.4. The molecule has 2 aliphatic heterocycles. The number of hydrogen-bond donors (Lipinski definition) is 1. The molecule has 82 valence electrons. The Hall–Kier alpha value is -0.150. The van der Waals surface area contributed by atoms with E-state index in [-0.39, 0.29) is 0 Å². The number of hydrogen-bond acceptors (Lipinski definition) is 2. The zero-order valence-electron chi connectivity index (χ0n) is 8.73. The third-order valence-corrected chi connectivity index (χ3v) is 3.50. The SMILES string of the molecule is FC1(CC2CCOCC2)CCNCC1. The van der Waals surface area contributed by atoms with E-state index in [1.165, 1.54) is 0 Å². The van der Waals surface area contributed by atoms with Gasteiger partial charge in [-0.25, -0.2) is 4.39 Å². The van der Waals surface area contributed by atoms with Gasteiger partial charge in [0.15, 0.2) is 0 Å². The van der Waals surface area contributed by atoms with Crippen LogP contribution in [0.1, 0.15) is 32.1 Å². The second-order valence-electron chi connectivity index (χ2n) is 4.66. The van der Waals surface area contributed by atoms with Crippen LogP contribution in [0, 0.1) is 5.92 Å². The molecule has 0 aromatic heterocycles. The summed E-state index contributed by atoms with van der Waals surface area (Å²) in [6.07, 6.45) is 4.27. The summed E-state index contributed by atoms with van der Waals surface area (Å²) in [4.78, 5) is 0. The van der Waals surface area contributed by atoms with Gasteiger partial charge < -0.3 is 10.1 Å². The van der Waals surface area contributed by atoms with Crippen molar-refractivity contribution in [2.75, 3.05) is 26.3 Å². The number of nitrogens with one attached hydrogen (secondary N) is 1. The molecule has 3 heteroatoms. The lowest BCUT2D eigenvalue weighted by molar-refractivity contribution is 0.0239. The standard InChI is InChI=1S/C11H20FNO/c12-11(3-5-13-6-4-11)9-10-1-7-14-8-2-10/h10,13H,1-9H2. The molecule has 2 nitrogen and oxygen atoms in total. The largest absolute Gasteiger partial charge is 0.381 e. The van der Waals surface area contributed by atoms with Crippen LogP contribution in [0.2, 0.25) is 0 Å². The molecule has 0 aromatic rings. The molecule has 1 N–H and O–H groups in total. The van der Waals surface area contributed by atoms with Crippen molar-refractivity contribution < 1.29 is 9.13 Å². The van der Waals surface area contributed by atoms with E-state index in [2.05, 4.69) is 5.32 Å². The van der Waals surface area contributed by atoms with E-state index in [1.807, 2.05) is 0 Å². The van der Waals surface area contributed by atoms with Crippen molar-refractivity contribution in [3.05, 3.63) is 0 Å². The predicted molar refractivity (Wildman–Crippen MR) is 54.1 cm³/mol. The molecule has 2 fully saturated rings. The van der Waals surface area contributed by atoms with Crippen LogP contribution in [0.15, 0.2) is 0 Å². The summed E-state index contributed by atoms with van der Waals surface area (Å²) >= 11 is 0. The summed E-state index contributed by atoms with van der Waals surface area (Å²) < 4.78 is 19.6. The minimum absolute atomic E-state index is 0.562. The molecule has 0 radical (unpaired) electrons. The van der Waals surface area contributed by atoms with Gasteiger partial charge in [0.25, 0.3) is 0 Å². The van der Waals surface area contributed by atoms with Gasteiger partial charge in [-0.2, -0.15) is 0 Å². The normalized spacial score (nSPS) is 28.9. The van der Waals surface area contributed by atoms with Gasteiger partial charge in [0.1, 0.15) is 5.67 Å².